The smallest absolute Gasteiger partial charge is 0.245 e. The van der Waals surface area contributed by atoms with Crippen molar-refractivity contribution >= 4 is 17.3 Å². The molecule has 0 aliphatic carbocycles. The van der Waals surface area contributed by atoms with Crippen LogP contribution in [0.1, 0.15) is 11.7 Å². The minimum absolute atomic E-state index is 0.428. The second-order valence-electron chi connectivity index (χ2n) is 3.41. The van der Waals surface area contributed by atoms with E-state index in [4.69, 9.17) is 20.9 Å². The molecule has 5 nitrogen and oxygen atoms in total. The summed E-state index contributed by atoms with van der Waals surface area (Å²) in [6, 6.07) is 5.47. The van der Waals surface area contributed by atoms with Crippen LogP contribution in [-0.2, 0) is 6.54 Å². The van der Waals surface area contributed by atoms with Gasteiger partial charge in [0.2, 0.25) is 5.89 Å². The van der Waals surface area contributed by atoms with Gasteiger partial charge in [0.15, 0.2) is 11.6 Å². The maximum absolute atomic E-state index is 6.00. The van der Waals surface area contributed by atoms with Crippen molar-refractivity contribution in [2.75, 3.05) is 12.4 Å². The number of anilines is 1. The number of aryl methyl sites for hydroxylation is 1. The summed E-state index contributed by atoms with van der Waals surface area (Å²) in [5.41, 5.74) is 0.788. The van der Waals surface area contributed by atoms with E-state index in [0.717, 1.165) is 5.69 Å². The molecule has 0 unspecified atom stereocenters. The van der Waals surface area contributed by atoms with Crippen molar-refractivity contribution in [1.29, 1.82) is 0 Å². The van der Waals surface area contributed by atoms with Gasteiger partial charge in [-0.1, -0.05) is 22.8 Å². The van der Waals surface area contributed by atoms with Crippen LogP contribution in [0, 0.1) is 6.92 Å². The quantitative estimate of drug-likeness (QED) is 0.908. The van der Waals surface area contributed by atoms with Gasteiger partial charge in [0.05, 0.1) is 24.4 Å². The van der Waals surface area contributed by atoms with Crippen LogP contribution in [-0.4, -0.2) is 17.3 Å². The summed E-state index contributed by atoms with van der Waals surface area (Å²) < 4.78 is 10.2. The van der Waals surface area contributed by atoms with Crippen LogP contribution in [0.25, 0.3) is 0 Å². The normalized spacial score (nSPS) is 10.3. The van der Waals surface area contributed by atoms with Gasteiger partial charge in [0.1, 0.15) is 0 Å². The predicted octanol–water partition coefficient (Wildman–Crippen LogP) is 2.65. The summed E-state index contributed by atoms with van der Waals surface area (Å²) in [5.74, 6) is 1.73. The van der Waals surface area contributed by atoms with Crippen LogP contribution in [0.15, 0.2) is 22.7 Å². The predicted molar refractivity (Wildman–Crippen MR) is 64.4 cm³/mol. The summed E-state index contributed by atoms with van der Waals surface area (Å²) in [5, 5.41) is 7.39. The number of hydrogen-bond acceptors (Lipinski definition) is 5. The van der Waals surface area contributed by atoms with Gasteiger partial charge in [0, 0.05) is 0 Å². The molecule has 2 rings (SSSR count). The van der Waals surface area contributed by atoms with Crippen LogP contribution < -0.4 is 10.1 Å². The monoisotopic (exact) mass is 253 g/mol. The molecule has 0 saturated carbocycles. The van der Waals surface area contributed by atoms with Gasteiger partial charge in [-0.3, -0.25) is 0 Å². The summed E-state index contributed by atoms with van der Waals surface area (Å²) in [6.45, 7) is 2.20. The molecular formula is C11H12ClN3O2. The Morgan fingerprint density at radius 3 is 2.94 bits per heavy atom. The van der Waals surface area contributed by atoms with Gasteiger partial charge in [-0.25, -0.2) is 0 Å². The van der Waals surface area contributed by atoms with Crippen molar-refractivity contribution in [3.8, 4) is 5.75 Å². The molecule has 0 aliphatic rings. The Hall–Kier alpha value is -1.75. The van der Waals surface area contributed by atoms with Gasteiger partial charge in [-0.15, -0.1) is 0 Å². The lowest BCUT2D eigenvalue weighted by Gasteiger charge is -2.10. The minimum Gasteiger partial charge on any atom is -0.493 e. The van der Waals surface area contributed by atoms with E-state index in [-0.39, 0.29) is 0 Å². The molecule has 90 valence electrons. The highest BCUT2D eigenvalue weighted by atomic mass is 35.5. The molecule has 17 heavy (non-hydrogen) atoms. The number of aromatic nitrogens is 2. The molecule has 1 aromatic heterocycles. The molecule has 1 heterocycles. The fourth-order valence-corrected chi connectivity index (χ4v) is 1.69. The summed E-state index contributed by atoms with van der Waals surface area (Å²) >= 11 is 6.00. The molecule has 0 aliphatic heterocycles. The van der Waals surface area contributed by atoms with E-state index in [2.05, 4.69) is 15.5 Å². The number of para-hydroxylation sites is 1. The van der Waals surface area contributed by atoms with E-state index in [0.29, 0.717) is 29.0 Å². The van der Waals surface area contributed by atoms with Gasteiger partial charge in [-0.2, -0.15) is 4.98 Å². The highest BCUT2D eigenvalue weighted by Gasteiger charge is 2.08. The van der Waals surface area contributed by atoms with Gasteiger partial charge in [0.25, 0.3) is 0 Å². The number of methoxy groups -OCH3 is 1. The zero-order valence-corrected chi connectivity index (χ0v) is 10.3. The van der Waals surface area contributed by atoms with E-state index >= 15 is 0 Å². The number of rotatable bonds is 4. The largest absolute Gasteiger partial charge is 0.493 e. The molecular weight excluding hydrogens is 242 g/mol. The molecule has 1 N–H and O–H groups in total. The summed E-state index contributed by atoms with van der Waals surface area (Å²) in [4.78, 5) is 4.09. The Kier molecular flexibility index (Phi) is 3.49. The molecule has 1 aromatic carbocycles. The fourth-order valence-electron chi connectivity index (χ4n) is 1.44. The lowest BCUT2D eigenvalue weighted by Crippen LogP contribution is -2.01. The molecule has 0 atom stereocenters. The first kappa shape index (κ1) is 11.7. The Morgan fingerprint density at radius 1 is 1.47 bits per heavy atom. The van der Waals surface area contributed by atoms with Crippen LogP contribution in [0.4, 0.5) is 5.69 Å². The number of nitrogens with one attached hydrogen (secondary N) is 1. The number of ether oxygens (including phenoxy) is 1. The first-order valence-electron chi connectivity index (χ1n) is 5.06. The summed E-state index contributed by atoms with van der Waals surface area (Å²) in [6.07, 6.45) is 0. The molecule has 0 saturated heterocycles. The second kappa shape index (κ2) is 5.05. The van der Waals surface area contributed by atoms with Gasteiger partial charge >= 0.3 is 0 Å². The minimum atomic E-state index is 0.428. The SMILES string of the molecule is COc1c(Cl)cccc1NCc1nc(C)no1. The van der Waals surface area contributed by atoms with Crippen LogP contribution in [0.3, 0.4) is 0 Å². The maximum atomic E-state index is 6.00. The van der Waals surface area contributed by atoms with Crippen LogP contribution in [0.2, 0.25) is 5.02 Å². The fraction of sp³-hybridized carbons (Fsp3) is 0.273. The zero-order valence-electron chi connectivity index (χ0n) is 9.53. The third kappa shape index (κ3) is 2.68. The average Bonchev–Trinajstić information content (AvgIpc) is 2.72. The van der Waals surface area contributed by atoms with Crippen molar-refractivity contribution in [2.24, 2.45) is 0 Å². The first-order chi connectivity index (χ1) is 8.20. The molecule has 0 spiro atoms. The Morgan fingerprint density at radius 2 is 2.29 bits per heavy atom. The number of benzene rings is 1. The zero-order chi connectivity index (χ0) is 12.3. The number of hydrogen-bond donors (Lipinski definition) is 1. The van der Waals surface area contributed by atoms with Crippen molar-refractivity contribution in [3.05, 3.63) is 34.9 Å². The third-order valence-electron chi connectivity index (χ3n) is 2.17. The van der Waals surface area contributed by atoms with E-state index in [1.165, 1.54) is 0 Å². The average molecular weight is 254 g/mol. The van der Waals surface area contributed by atoms with Crippen molar-refractivity contribution < 1.29 is 9.26 Å². The Bertz CT molecular complexity index is 513. The van der Waals surface area contributed by atoms with E-state index in [1.54, 1.807) is 20.1 Å². The molecule has 6 heteroatoms. The Balaban J connectivity index is 2.11. The van der Waals surface area contributed by atoms with Crippen molar-refractivity contribution in [1.82, 2.24) is 10.1 Å². The highest BCUT2D eigenvalue weighted by molar-refractivity contribution is 6.32. The number of halogens is 1. The number of nitrogens with zero attached hydrogens (tertiary/aromatic N) is 2. The van der Waals surface area contributed by atoms with Gasteiger partial charge in [-0.05, 0) is 19.1 Å². The van der Waals surface area contributed by atoms with Crippen molar-refractivity contribution in [2.45, 2.75) is 13.5 Å². The standard InChI is InChI=1S/C11H12ClN3O2/c1-7-14-10(17-15-7)6-13-9-5-3-4-8(12)11(9)16-2/h3-5,13H,6H2,1-2H3. The van der Waals surface area contributed by atoms with Crippen LogP contribution in [0.5, 0.6) is 5.75 Å². The third-order valence-corrected chi connectivity index (χ3v) is 2.47. The Labute approximate surface area is 104 Å². The van der Waals surface area contributed by atoms with Gasteiger partial charge < -0.3 is 14.6 Å². The lowest BCUT2D eigenvalue weighted by molar-refractivity contribution is 0.379. The van der Waals surface area contributed by atoms with E-state index in [1.807, 2.05) is 12.1 Å². The summed E-state index contributed by atoms with van der Waals surface area (Å²) in [7, 11) is 1.57. The molecule has 0 radical (unpaired) electrons. The molecule has 0 bridgehead atoms. The lowest BCUT2D eigenvalue weighted by atomic mass is 10.3. The second-order valence-corrected chi connectivity index (χ2v) is 3.82. The van der Waals surface area contributed by atoms with Crippen molar-refractivity contribution in [3.63, 3.8) is 0 Å². The van der Waals surface area contributed by atoms with Crippen LogP contribution >= 0.6 is 11.6 Å². The van der Waals surface area contributed by atoms with E-state index in [9.17, 15) is 0 Å². The topological polar surface area (TPSA) is 60.2 Å². The maximum Gasteiger partial charge on any atom is 0.245 e. The first-order valence-corrected chi connectivity index (χ1v) is 5.44. The molecule has 0 fully saturated rings. The molecule has 0 amide bonds. The molecule has 2 aromatic rings. The van der Waals surface area contributed by atoms with E-state index < -0.39 is 0 Å². The highest BCUT2D eigenvalue weighted by Crippen LogP contribution is 2.32.